The molecule has 0 unspecified atom stereocenters. The highest BCUT2D eigenvalue weighted by Gasteiger charge is 2.14. The number of amides is 1. The Hall–Kier alpha value is -2.33. The number of anilines is 1. The molecule has 0 aliphatic heterocycles. The number of carbonyl (C=O) groups excluding carboxylic acids is 1. The number of hydrogen-bond donors (Lipinski definition) is 1. The second kappa shape index (κ2) is 7.59. The predicted octanol–water partition coefficient (Wildman–Crippen LogP) is 4.67. The summed E-state index contributed by atoms with van der Waals surface area (Å²) in [6.45, 7) is -0.280. The topological polar surface area (TPSA) is 76.9 Å². The summed E-state index contributed by atoms with van der Waals surface area (Å²) in [4.78, 5) is 33.1. The van der Waals surface area contributed by atoms with Crippen LogP contribution in [0.15, 0.2) is 40.8 Å². The number of fused-ring (bicyclic) bond motifs is 1. The number of benzene rings is 1. The van der Waals surface area contributed by atoms with E-state index in [0.29, 0.717) is 30.6 Å². The van der Waals surface area contributed by atoms with E-state index in [1.165, 1.54) is 41.1 Å². The molecule has 0 spiro atoms. The van der Waals surface area contributed by atoms with E-state index < -0.39 is 17.3 Å². The molecule has 0 saturated carbocycles. The second-order valence-electron chi connectivity index (χ2n) is 5.66. The van der Waals surface area contributed by atoms with Gasteiger partial charge in [0.2, 0.25) is 5.91 Å². The molecule has 0 aliphatic rings. The third-order valence-electron chi connectivity index (χ3n) is 3.78. The van der Waals surface area contributed by atoms with Crippen LogP contribution in [0.25, 0.3) is 22.2 Å². The summed E-state index contributed by atoms with van der Waals surface area (Å²) in [5, 5.41) is 4.83. The fourth-order valence-corrected chi connectivity index (χ4v) is 4.74. The molecule has 11 heteroatoms. The molecule has 3 aromatic heterocycles. The molecule has 0 fully saturated rings. The van der Waals surface area contributed by atoms with E-state index in [-0.39, 0.29) is 11.9 Å². The monoisotopic (exact) mass is 454 g/mol. The van der Waals surface area contributed by atoms with E-state index in [2.05, 4.69) is 15.3 Å². The van der Waals surface area contributed by atoms with Crippen LogP contribution in [-0.2, 0) is 11.3 Å². The van der Waals surface area contributed by atoms with Gasteiger partial charge in [-0.1, -0.05) is 23.2 Å². The summed E-state index contributed by atoms with van der Waals surface area (Å²) in [5.74, 6) is -1.01. The van der Waals surface area contributed by atoms with Crippen LogP contribution in [0.5, 0.6) is 0 Å². The number of carbonyl (C=O) groups is 1. The van der Waals surface area contributed by atoms with Gasteiger partial charge in [-0.25, -0.2) is 14.4 Å². The van der Waals surface area contributed by atoms with Crippen molar-refractivity contribution < 1.29 is 9.18 Å². The van der Waals surface area contributed by atoms with Gasteiger partial charge in [-0.3, -0.25) is 14.2 Å². The standard InChI is InChI=1S/C17H9Cl2FN4O2S2/c18-13-4-9(15(19)28-13)12-6-27-17(22-12)23-14(25)5-24-7-21-11-2-1-8(20)3-10(11)16(24)26/h1-4,6-7H,5H2,(H,22,23,25). The van der Waals surface area contributed by atoms with E-state index in [1.54, 1.807) is 11.4 Å². The van der Waals surface area contributed by atoms with Crippen molar-refractivity contribution in [3.63, 3.8) is 0 Å². The molecule has 4 aromatic rings. The molecular weight excluding hydrogens is 446 g/mol. The van der Waals surface area contributed by atoms with Gasteiger partial charge in [0.1, 0.15) is 16.7 Å². The SMILES string of the molecule is O=C(Cn1cnc2ccc(F)cc2c1=O)Nc1nc(-c2cc(Cl)sc2Cl)cs1. The number of halogens is 3. The van der Waals surface area contributed by atoms with Crippen molar-refractivity contribution in [2.45, 2.75) is 6.54 Å². The third kappa shape index (κ3) is 3.79. The normalized spacial score (nSPS) is 11.1. The molecule has 0 saturated heterocycles. The Morgan fingerprint density at radius 3 is 2.86 bits per heavy atom. The molecule has 0 radical (unpaired) electrons. The van der Waals surface area contributed by atoms with Crippen molar-refractivity contribution in [3.8, 4) is 11.3 Å². The lowest BCUT2D eigenvalue weighted by Gasteiger charge is -2.06. The summed E-state index contributed by atoms with van der Waals surface area (Å²) in [5.41, 5.74) is 1.14. The fraction of sp³-hybridized carbons (Fsp3) is 0.0588. The van der Waals surface area contributed by atoms with Gasteiger partial charge in [0, 0.05) is 10.9 Å². The summed E-state index contributed by atoms with van der Waals surface area (Å²) >= 11 is 14.5. The van der Waals surface area contributed by atoms with Gasteiger partial charge in [0.15, 0.2) is 5.13 Å². The van der Waals surface area contributed by atoms with E-state index in [1.807, 2.05) is 0 Å². The van der Waals surface area contributed by atoms with Crippen molar-refractivity contribution in [2.24, 2.45) is 0 Å². The first kappa shape index (κ1) is 19.0. The second-order valence-corrected chi connectivity index (χ2v) is 8.81. The Labute approximate surface area is 175 Å². The fourth-order valence-electron chi connectivity index (χ4n) is 2.53. The maximum atomic E-state index is 13.4. The van der Waals surface area contributed by atoms with E-state index in [9.17, 15) is 14.0 Å². The summed E-state index contributed by atoms with van der Waals surface area (Å²) in [6.07, 6.45) is 1.25. The maximum absolute atomic E-state index is 13.4. The average molecular weight is 455 g/mol. The highest BCUT2D eigenvalue weighted by atomic mass is 35.5. The number of aromatic nitrogens is 3. The highest BCUT2D eigenvalue weighted by Crippen LogP contribution is 2.38. The molecule has 1 aromatic carbocycles. The Bertz CT molecular complexity index is 1270. The smallest absolute Gasteiger partial charge is 0.261 e. The van der Waals surface area contributed by atoms with Gasteiger partial charge >= 0.3 is 0 Å². The number of thiophene rings is 1. The summed E-state index contributed by atoms with van der Waals surface area (Å²) in [6, 6.07) is 5.44. The molecule has 0 atom stereocenters. The van der Waals surface area contributed by atoms with E-state index in [4.69, 9.17) is 23.2 Å². The third-order valence-corrected chi connectivity index (χ3v) is 6.03. The zero-order valence-electron chi connectivity index (χ0n) is 13.8. The lowest BCUT2D eigenvalue weighted by molar-refractivity contribution is -0.116. The summed E-state index contributed by atoms with van der Waals surface area (Å²) in [7, 11) is 0. The van der Waals surface area contributed by atoms with Crippen molar-refractivity contribution in [2.75, 3.05) is 5.32 Å². The molecule has 3 heterocycles. The average Bonchev–Trinajstić information content (AvgIpc) is 3.23. The van der Waals surface area contributed by atoms with Crippen LogP contribution in [0.4, 0.5) is 9.52 Å². The van der Waals surface area contributed by atoms with Crippen LogP contribution < -0.4 is 10.9 Å². The Morgan fingerprint density at radius 1 is 1.29 bits per heavy atom. The molecule has 6 nitrogen and oxygen atoms in total. The van der Waals surface area contributed by atoms with Crippen molar-refractivity contribution in [1.29, 1.82) is 0 Å². The largest absolute Gasteiger partial charge is 0.300 e. The molecule has 28 heavy (non-hydrogen) atoms. The minimum absolute atomic E-state index is 0.107. The minimum Gasteiger partial charge on any atom is -0.300 e. The maximum Gasteiger partial charge on any atom is 0.261 e. The number of rotatable bonds is 4. The number of hydrogen-bond acceptors (Lipinski definition) is 6. The molecule has 1 amide bonds. The van der Waals surface area contributed by atoms with Gasteiger partial charge < -0.3 is 5.32 Å². The van der Waals surface area contributed by atoms with Crippen molar-refractivity contribution in [1.82, 2.24) is 14.5 Å². The molecular formula is C17H9Cl2FN4O2S2. The first-order valence-corrected chi connectivity index (χ1v) is 10.2. The van der Waals surface area contributed by atoms with Crippen LogP contribution in [0.1, 0.15) is 0 Å². The molecule has 1 N–H and O–H groups in total. The Morgan fingerprint density at radius 2 is 2.11 bits per heavy atom. The van der Waals surface area contributed by atoms with Crippen LogP contribution in [0.2, 0.25) is 8.67 Å². The van der Waals surface area contributed by atoms with Gasteiger partial charge in [-0.15, -0.1) is 22.7 Å². The highest BCUT2D eigenvalue weighted by molar-refractivity contribution is 7.20. The molecule has 0 bridgehead atoms. The van der Waals surface area contributed by atoms with Crippen LogP contribution in [-0.4, -0.2) is 20.4 Å². The first-order chi connectivity index (χ1) is 13.4. The quantitative estimate of drug-likeness (QED) is 0.486. The van der Waals surface area contributed by atoms with E-state index >= 15 is 0 Å². The van der Waals surface area contributed by atoms with Crippen LogP contribution >= 0.6 is 45.9 Å². The first-order valence-electron chi connectivity index (χ1n) is 7.76. The van der Waals surface area contributed by atoms with Crippen molar-refractivity contribution >= 4 is 67.8 Å². The summed E-state index contributed by atoms with van der Waals surface area (Å²) < 4.78 is 15.6. The van der Waals surface area contributed by atoms with Crippen molar-refractivity contribution in [3.05, 3.63) is 60.8 Å². The number of nitrogens with one attached hydrogen (secondary N) is 1. The van der Waals surface area contributed by atoms with Crippen LogP contribution in [0, 0.1) is 5.82 Å². The van der Waals surface area contributed by atoms with Crippen LogP contribution in [0.3, 0.4) is 0 Å². The lowest BCUT2D eigenvalue weighted by Crippen LogP contribution is -2.27. The van der Waals surface area contributed by atoms with Gasteiger partial charge in [-0.2, -0.15) is 0 Å². The zero-order valence-corrected chi connectivity index (χ0v) is 16.9. The predicted molar refractivity (Wildman–Crippen MR) is 110 cm³/mol. The molecule has 142 valence electrons. The van der Waals surface area contributed by atoms with E-state index in [0.717, 1.165) is 10.6 Å². The number of nitrogens with zero attached hydrogens (tertiary/aromatic N) is 3. The Kier molecular flexibility index (Phi) is 5.15. The lowest BCUT2D eigenvalue weighted by atomic mass is 10.2. The Balaban J connectivity index is 1.52. The number of thiazole rings is 1. The minimum atomic E-state index is -0.545. The zero-order chi connectivity index (χ0) is 19.8. The van der Waals surface area contributed by atoms with Gasteiger partial charge in [0.25, 0.3) is 5.56 Å². The molecule has 0 aliphatic carbocycles. The van der Waals surface area contributed by atoms with Gasteiger partial charge in [-0.05, 0) is 24.3 Å². The molecule has 4 rings (SSSR count). The van der Waals surface area contributed by atoms with Gasteiger partial charge in [0.05, 0.1) is 27.3 Å².